The maximum atomic E-state index is 13.6. The number of aliphatic hydroxyl groups is 3. The molecular formula is C27H31IrN2O11. The first-order valence-electron chi connectivity index (χ1n) is 12.6. The van der Waals surface area contributed by atoms with Gasteiger partial charge in [-0.05, 0) is 13.0 Å². The van der Waals surface area contributed by atoms with Gasteiger partial charge in [0.05, 0.1) is 42.1 Å². The van der Waals surface area contributed by atoms with E-state index in [2.05, 4.69) is 4.40 Å². The topological polar surface area (TPSA) is 232 Å². The minimum atomic E-state index is -2.24. The van der Waals surface area contributed by atoms with Crippen molar-refractivity contribution < 1.29 is 73.3 Å². The van der Waals surface area contributed by atoms with Gasteiger partial charge in [0.15, 0.2) is 17.9 Å². The molecule has 2 aromatic rings. The molecule has 41 heavy (non-hydrogen) atoms. The van der Waals surface area contributed by atoms with Crippen LogP contribution in [0.4, 0.5) is 0 Å². The Morgan fingerprint density at radius 1 is 1.15 bits per heavy atom. The number of phenols is 2. The molecule has 0 spiro atoms. The first-order chi connectivity index (χ1) is 19.4. The van der Waals surface area contributed by atoms with Crippen LogP contribution < -0.4 is 14.9 Å². The SMILES string of the molecule is COc1cccc2c1C(=O)c1c(O)c3c(c(O)c1C2=O)C[C@@](O)(C(=O)CO)C[C@@H]3O[C@H]1C[C@H](N)[C@H](O)[C@H](C)O1.[NH2][Ir]. The Morgan fingerprint density at radius 3 is 2.41 bits per heavy atom. The number of aromatic hydroxyl groups is 2. The van der Waals surface area contributed by atoms with Crippen molar-refractivity contribution in [2.24, 2.45) is 10.1 Å². The Labute approximate surface area is 245 Å². The molecule has 13 nitrogen and oxygen atoms in total. The average Bonchev–Trinajstić information content (AvgIpc) is 2.96. The zero-order chi connectivity index (χ0) is 30.4. The second-order valence-electron chi connectivity index (χ2n) is 10.2. The van der Waals surface area contributed by atoms with Crippen LogP contribution in [0.5, 0.6) is 17.2 Å². The number of carbonyl (C=O) groups excluding carboxylic acids is 3. The fraction of sp³-hybridized carbons (Fsp3) is 0.444. The Morgan fingerprint density at radius 2 is 1.80 bits per heavy atom. The van der Waals surface area contributed by atoms with Gasteiger partial charge in [-0.2, -0.15) is 0 Å². The first kappa shape index (κ1) is 31.2. The van der Waals surface area contributed by atoms with E-state index in [4.69, 9.17) is 19.9 Å². The van der Waals surface area contributed by atoms with E-state index in [0.29, 0.717) is 0 Å². The van der Waals surface area contributed by atoms with Crippen molar-refractivity contribution in [2.45, 2.75) is 62.4 Å². The summed E-state index contributed by atoms with van der Waals surface area (Å²) in [6.45, 7) is 0.560. The van der Waals surface area contributed by atoms with E-state index in [-0.39, 0.29) is 34.4 Å². The number of methoxy groups -OCH3 is 1. The molecule has 0 amide bonds. The molecule has 3 aliphatic rings. The van der Waals surface area contributed by atoms with Crippen molar-refractivity contribution in [1.29, 1.82) is 0 Å². The first-order valence-corrected chi connectivity index (χ1v) is 14.0. The van der Waals surface area contributed by atoms with Crippen LogP contribution >= 0.6 is 0 Å². The van der Waals surface area contributed by atoms with Gasteiger partial charge < -0.3 is 45.5 Å². The molecule has 0 radical (unpaired) electrons. The summed E-state index contributed by atoms with van der Waals surface area (Å²) in [4.78, 5) is 39.7. The van der Waals surface area contributed by atoms with Crippen molar-refractivity contribution in [3.05, 3.63) is 51.6 Å². The van der Waals surface area contributed by atoms with Crippen LogP contribution in [0.2, 0.25) is 0 Å². The zero-order valence-electron chi connectivity index (χ0n) is 22.1. The van der Waals surface area contributed by atoms with Gasteiger partial charge in [-0.1, -0.05) is 12.1 Å². The summed E-state index contributed by atoms with van der Waals surface area (Å²) in [6.07, 6.45) is -5.12. The molecule has 0 bridgehead atoms. The van der Waals surface area contributed by atoms with Crippen LogP contribution in [0.15, 0.2) is 18.2 Å². The van der Waals surface area contributed by atoms with E-state index in [9.17, 15) is 39.9 Å². The molecule has 0 saturated carbocycles. The monoisotopic (exact) mass is 752 g/mol. The van der Waals surface area contributed by atoms with E-state index in [0.717, 1.165) is 0 Å². The molecule has 2 aromatic carbocycles. The minimum absolute atomic E-state index is 0.0173. The van der Waals surface area contributed by atoms with Gasteiger partial charge in [0, 0.05) is 42.0 Å². The summed E-state index contributed by atoms with van der Waals surface area (Å²) < 4.78 is 21.5. The Bertz CT molecular complexity index is 1390. The summed E-state index contributed by atoms with van der Waals surface area (Å²) in [7, 11) is 1.32. The molecule has 6 atom stereocenters. The van der Waals surface area contributed by atoms with Crippen LogP contribution in [0, 0.1) is 0 Å². The number of hydrogen-bond donors (Lipinski definition) is 7. The number of fused-ring (bicyclic) bond motifs is 3. The molecule has 1 aliphatic heterocycles. The van der Waals surface area contributed by atoms with Crippen molar-refractivity contribution in [3.63, 3.8) is 0 Å². The van der Waals surface area contributed by atoms with Crippen molar-refractivity contribution >= 4 is 17.3 Å². The van der Waals surface area contributed by atoms with Crippen LogP contribution in [0.1, 0.15) is 68.8 Å². The fourth-order valence-electron chi connectivity index (χ4n) is 5.75. The number of benzene rings is 2. The normalized spacial score (nSPS) is 28.6. The van der Waals surface area contributed by atoms with Crippen LogP contribution in [0.25, 0.3) is 0 Å². The van der Waals surface area contributed by atoms with Gasteiger partial charge in [-0.15, -0.1) is 0 Å². The molecule has 14 heteroatoms. The van der Waals surface area contributed by atoms with Gasteiger partial charge in [0.1, 0.15) is 29.5 Å². The molecule has 224 valence electrons. The zero-order valence-corrected chi connectivity index (χ0v) is 24.5. The standard InChI is InChI=1S/C27H29NO11.Ir.H2N/c1-10-22(31)13(28)6-17(38-10)39-15-8-27(36,16(30)9-29)7-12-19(15)26(35)21-20(24(12)33)23(32)11-4-3-5-14(37-2)18(11)25(21)34;;/h3-5,10,13,15,17,22,29,31,33,35-36H,6-9,28H2,1-2H3;;1H2/q;+1;-1/t10-,13-,15-,17-,22+,27-;;/m0../s1. The van der Waals surface area contributed by atoms with Gasteiger partial charge in [0.25, 0.3) is 0 Å². The van der Waals surface area contributed by atoms with Crippen molar-refractivity contribution in [1.82, 2.24) is 0 Å². The number of carbonyl (C=O) groups is 3. The number of ketones is 3. The van der Waals surface area contributed by atoms with Gasteiger partial charge >= 0.3 is 23.5 Å². The number of Topliss-reactive ketones (excluding diaryl/α,β-unsaturated/α-hetero) is 1. The maximum absolute atomic E-state index is 13.6. The Balaban J connectivity index is 0.00000189. The molecule has 2 aliphatic carbocycles. The summed E-state index contributed by atoms with van der Waals surface area (Å²) in [5.41, 5.74) is 2.37. The quantitative estimate of drug-likeness (QED) is 0.162. The van der Waals surface area contributed by atoms with E-state index in [1.54, 1.807) is 6.92 Å². The van der Waals surface area contributed by atoms with Crippen LogP contribution in [0.3, 0.4) is 0 Å². The summed E-state index contributed by atoms with van der Waals surface area (Å²) in [5, 5.41) is 53.7. The number of ether oxygens (including phenoxy) is 3. The molecule has 5 rings (SSSR count). The summed E-state index contributed by atoms with van der Waals surface area (Å²) in [6, 6.07) is 3.64. The molecule has 1 heterocycles. The van der Waals surface area contributed by atoms with E-state index in [1.807, 2.05) is 0 Å². The number of aliphatic hydroxyl groups excluding tert-OH is 2. The van der Waals surface area contributed by atoms with Crippen LogP contribution in [-0.4, -0.2) is 86.7 Å². The van der Waals surface area contributed by atoms with Gasteiger partial charge in [0.2, 0.25) is 5.78 Å². The third-order valence-electron chi connectivity index (χ3n) is 7.81. The Kier molecular flexibility index (Phi) is 9.00. The number of phenolic OH excluding ortho intramolecular Hbond substituents is 2. The molecular weight excluding hydrogens is 721 g/mol. The fourth-order valence-corrected chi connectivity index (χ4v) is 5.75. The Hall–Kier alpha value is -2.78. The van der Waals surface area contributed by atoms with Crippen molar-refractivity contribution in [2.75, 3.05) is 13.7 Å². The molecule has 0 aromatic heterocycles. The van der Waals surface area contributed by atoms with Gasteiger partial charge in [-0.3, -0.25) is 14.4 Å². The van der Waals surface area contributed by atoms with E-state index in [1.165, 1.54) is 44.5 Å². The number of hydrogen-bond acceptors (Lipinski definition) is 13. The summed E-state index contributed by atoms with van der Waals surface area (Å²) >= 11 is 1.50. The molecule has 0 unspecified atom stereocenters. The predicted octanol–water partition coefficient (Wildman–Crippen LogP) is -0.592. The number of nitrogens with two attached hydrogens (primary N) is 2. The molecule has 1 fully saturated rings. The summed E-state index contributed by atoms with van der Waals surface area (Å²) in [5.74, 6) is -3.77. The third kappa shape index (κ3) is 5.09. The molecule has 9 N–H and O–H groups in total. The molecule has 1 saturated heterocycles. The average molecular weight is 752 g/mol. The second-order valence-corrected chi connectivity index (χ2v) is 10.2. The third-order valence-corrected chi connectivity index (χ3v) is 7.81. The number of rotatable bonds is 5. The van der Waals surface area contributed by atoms with Crippen molar-refractivity contribution in [3.8, 4) is 17.2 Å². The van der Waals surface area contributed by atoms with E-state index < -0.39 is 95.7 Å². The second kappa shape index (κ2) is 11.8. The van der Waals surface area contributed by atoms with Gasteiger partial charge in [-0.25, -0.2) is 0 Å². The predicted molar refractivity (Wildman–Crippen MR) is 136 cm³/mol. The van der Waals surface area contributed by atoms with Crippen LogP contribution in [-0.2, 0) is 39.8 Å². The van der Waals surface area contributed by atoms with E-state index >= 15 is 0 Å².